The second kappa shape index (κ2) is 9.41. The van der Waals surface area contributed by atoms with Gasteiger partial charge in [-0.25, -0.2) is 4.98 Å². The van der Waals surface area contributed by atoms with E-state index in [0.717, 1.165) is 25.7 Å². The zero-order valence-corrected chi connectivity index (χ0v) is 19.9. The van der Waals surface area contributed by atoms with Crippen molar-refractivity contribution in [3.63, 3.8) is 0 Å². The van der Waals surface area contributed by atoms with E-state index in [-0.39, 0.29) is 11.9 Å². The van der Waals surface area contributed by atoms with Gasteiger partial charge in [0.1, 0.15) is 0 Å². The fourth-order valence-corrected chi connectivity index (χ4v) is 5.05. The highest BCUT2D eigenvalue weighted by molar-refractivity contribution is 6.37. The van der Waals surface area contributed by atoms with Crippen LogP contribution in [0.3, 0.4) is 0 Å². The van der Waals surface area contributed by atoms with Gasteiger partial charge in [0.25, 0.3) is 5.91 Å². The summed E-state index contributed by atoms with van der Waals surface area (Å²) in [6, 6.07) is 10.6. The largest absolute Gasteiger partial charge is 0.347 e. The maximum Gasteiger partial charge on any atom is 0.287 e. The number of nitrogens with one attached hydrogen (secondary N) is 1. The predicted molar refractivity (Wildman–Crippen MR) is 128 cm³/mol. The quantitative estimate of drug-likeness (QED) is 0.408. The second-order valence-corrected chi connectivity index (χ2v) is 9.44. The van der Waals surface area contributed by atoms with Gasteiger partial charge in [0.2, 0.25) is 0 Å². The van der Waals surface area contributed by atoms with Crippen LogP contribution in [-0.4, -0.2) is 21.5 Å². The molecule has 0 saturated heterocycles. The van der Waals surface area contributed by atoms with Gasteiger partial charge in [-0.3, -0.25) is 4.79 Å². The monoisotopic (exact) mass is 495 g/mol. The highest BCUT2D eigenvalue weighted by Crippen LogP contribution is 2.40. The van der Waals surface area contributed by atoms with Crippen LogP contribution in [0.25, 0.3) is 22.5 Å². The molecule has 0 atom stereocenters. The number of benzene rings is 2. The molecule has 0 spiro atoms. The fourth-order valence-electron chi connectivity index (χ4n) is 4.06. The van der Waals surface area contributed by atoms with Gasteiger partial charge in [0, 0.05) is 34.3 Å². The van der Waals surface area contributed by atoms with E-state index in [1.165, 1.54) is 6.42 Å². The number of hydrogen-bond acceptors (Lipinski definition) is 2. The third kappa shape index (κ3) is 4.73. The highest BCUT2D eigenvalue weighted by Gasteiger charge is 2.26. The minimum Gasteiger partial charge on any atom is -0.347 e. The van der Waals surface area contributed by atoms with Crippen molar-refractivity contribution in [2.24, 2.45) is 7.05 Å². The summed E-state index contributed by atoms with van der Waals surface area (Å²) in [5.74, 6) is 0.0877. The second-order valence-electron chi connectivity index (χ2n) is 7.75. The molecule has 0 bridgehead atoms. The third-order valence-corrected chi connectivity index (χ3v) is 6.71. The van der Waals surface area contributed by atoms with Crippen LogP contribution in [0.2, 0.25) is 20.1 Å². The van der Waals surface area contributed by atoms with Crippen molar-refractivity contribution in [2.75, 3.05) is 0 Å². The normalized spacial score (nSPS) is 14.6. The number of carbonyl (C=O) groups is 1. The standard InChI is InChI=1S/C23H21Cl4N3O/c1-30-21(17-10-8-14(25)12-19(17)27)20(16-9-7-13(24)11-18(16)26)29-22(30)23(31)28-15-5-3-2-4-6-15/h7-12,15H,2-6H2,1H3,(H,28,31). The number of carbonyl (C=O) groups excluding carboxylic acids is 1. The van der Waals surface area contributed by atoms with Crippen LogP contribution in [0.5, 0.6) is 0 Å². The van der Waals surface area contributed by atoms with E-state index < -0.39 is 0 Å². The summed E-state index contributed by atoms with van der Waals surface area (Å²) < 4.78 is 1.76. The van der Waals surface area contributed by atoms with Crippen molar-refractivity contribution in [2.45, 2.75) is 38.1 Å². The van der Waals surface area contributed by atoms with Crippen molar-refractivity contribution in [1.82, 2.24) is 14.9 Å². The minimum absolute atomic E-state index is 0.170. The Labute approximate surface area is 201 Å². The van der Waals surface area contributed by atoms with E-state index in [0.29, 0.717) is 48.4 Å². The SMILES string of the molecule is Cn1c(C(=O)NC2CCCCC2)nc(-c2ccc(Cl)cc2Cl)c1-c1ccc(Cl)cc1Cl. The Bertz CT molecular complexity index is 1140. The number of aromatic nitrogens is 2. The summed E-state index contributed by atoms with van der Waals surface area (Å²) >= 11 is 25.2. The van der Waals surface area contributed by atoms with Crippen molar-refractivity contribution >= 4 is 52.3 Å². The first-order valence-electron chi connectivity index (χ1n) is 10.1. The smallest absolute Gasteiger partial charge is 0.287 e. The van der Waals surface area contributed by atoms with Crippen molar-refractivity contribution in [3.05, 3.63) is 62.3 Å². The Morgan fingerprint density at radius 3 is 2.10 bits per heavy atom. The van der Waals surface area contributed by atoms with Crippen molar-refractivity contribution in [1.29, 1.82) is 0 Å². The Hall–Kier alpha value is -1.72. The fraction of sp³-hybridized carbons (Fsp3) is 0.304. The molecule has 0 radical (unpaired) electrons. The lowest BCUT2D eigenvalue weighted by atomic mass is 9.95. The maximum absolute atomic E-state index is 13.1. The molecule has 1 aliphatic carbocycles. The molecule has 31 heavy (non-hydrogen) atoms. The van der Waals surface area contributed by atoms with Gasteiger partial charge in [-0.15, -0.1) is 0 Å². The molecule has 162 valence electrons. The molecule has 0 unspecified atom stereocenters. The summed E-state index contributed by atoms with van der Waals surface area (Å²) in [4.78, 5) is 17.8. The molecule has 4 nitrogen and oxygen atoms in total. The van der Waals surface area contributed by atoms with E-state index in [4.69, 9.17) is 51.4 Å². The van der Waals surface area contributed by atoms with Gasteiger partial charge < -0.3 is 9.88 Å². The van der Waals surface area contributed by atoms with Crippen LogP contribution < -0.4 is 5.32 Å². The lowest BCUT2D eigenvalue weighted by Gasteiger charge is -2.22. The zero-order chi connectivity index (χ0) is 22.1. The van der Waals surface area contributed by atoms with E-state index in [1.54, 1.807) is 41.9 Å². The Morgan fingerprint density at radius 1 is 0.935 bits per heavy atom. The molecule has 8 heteroatoms. The Kier molecular flexibility index (Phi) is 6.83. The molecular weight excluding hydrogens is 476 g/mol. The summed E-state index contributed by atoms with van der Waals surface area (Å²) in [7, 11) is 1.80. The molecule has 1 N–H and O–H groups in total. The van der Waals surface area contributed by atoms with Crippen LogP contribution in [0, 0.1) is 0 Å². The summed E-state index contributed by atoms with van der Waals surface area (Å²) in [6.07, 6.45) is 5.45. The van der Waals surface area contributed by atoms with E-state index in [9.17, 15) is 4.79 Å². The van der Waals surface area contributed by atoms with Crippen LogP contribution in [0.4, 0.5) is 0 Å². The molecular formula is C23H21Cl4N3O. The number of rotatable bonds is 4. The average Bonchev–Trinajstić information content (AvgIpc) is 3.06. The molecule has 2 aromatic carbocycles. The topological polar surface area (TPSA) is 46.9 Å². The molecule has 1 aliphatic rings. The Balaban J connectivity index is 1.84. The molecule has 1 heterocycles. The molecule has 4 rings (SSSR count). The summed E-state index contributed by atoms with van der Waals surface area (Å²) in [5.41, 5.74) is 2.61. The first-order chi connectivity index (χ1) is 14.8. The van der Waals surface area contributed by atoms with Gasteiger partial charge >= 0.3 is 0 Å². The van der Waals surface area contributed by atoms with E-state index in [1.807, 2.05) is 6.07 Å². The number of halogens is 4. The zero-order valence-electron chi connectivity index (χ0n) is 16.9. The lowest BCUT2D eigenvalue weighted by molar-refractivity contribution is 0.0914. The van der Waals surface area contributed by atoms with Crippen LogP contribution in [0.15, 0.2) is 36.4 Å². The first-order valence-corrected chi connectivity index (χ1v) is 11.6. The number of nitrogens with zero attached hydrogens (tertiary/aromatic N) is 2. The van der Waals surface area contributed by atoms with Gasteiger partial charge in [-0.05, 0) is 49.2 Å². The minimum atomic E-state index is -0.211. The van der Waals surface area contributed by atoms with Gasteiger partial charge in [-0.2, -0.15) is 0 Å². The van der Waals surface area contributed by atoms with Gasteiger partial charge in [0.05, 0.1) is 21.4 Å². The molecule has 3 aromatic rings. The van der Waals surface area contributed by atoms with Gasteiger partial charge in [-0.1, -0.05) is 65.7 Å². The highest BCUT2D eigenvalue weighted by atomic mass is 35.5. The number of hydrogen-bond donors (Lipinski definition) is 1. The van der Waals surface area contributed by atoms with Gasteiger partial charge in [0.15, 0.2) is 5.82 Å². The first kappa shape index (κ1) is 22.5. The van der Waals surface area contributed by atoms with Crippen LogP contribution in [0.1, 0.15) is 42.7 Å². The average molecular weight is 497 g/mol. The predicted octanol–water partition coefficient (Wildman–Crippen LogP) is 7.43. The molecule has 1 amide bonds. The maximum atomic E-state index is 13.1. The van der Waals surface area contributed by atoms with Crippen molar-refractivity contribution in [3.8, 4) is 22.5 Å². The molecule has 0 aliphatic heterocycles. The third-order valence-electron chi connectivity index (χ3n) is 5.61. The van der Waals surface area contributed by atoms with E-state index >= 15 is 0 Å². The van der Waals surface area contributed by atoms with Crippen LogP contribution in [-0.2, 0) is 7.05 Å². The number of amides is 1. The van der Waals surface area contributed by atoms with Crippen LogP contribution >= 0.6 is 46.4 Å². The van der Waals surface area contributed by atoms with E-state index in [2.05, 4.69) is 5.32 Å². The Morgan fingerprint density at radius 2 is 1.52 bits per heavy atom. The summed E-state index contributed by atoms with van der Waals surface area (Å²) in [5, 5.41) is 5.08. The number of imidazole rings is 1. The molecule has 1 saturated carbocycles. The lowest BCUT2D eigenvalue weighted by Crippen LogP contribution is -2.37. The summed E-state index contributed by atoms with van der Waals surface area (Å²) in [6.45, 7) is 0. The van der Waals surface area contributed by atoms with Crippen molar-refractivity contribution < 1.29 is 4.79 Å². The molecule has 1 fully saturated rings. The molecule has 1 aromatic heterocycles.